The highest BCUT2D eigenvalue weighted by atomic mass is 16.6. The van der Waals surface area contributed by atoms with Crippen LogP contribution >= 0.6 is 0 Å². The van der Waals surface area contributed by atoms with Gasteiger partial charge in [-0.3, -0.25) is 10.1 Å². The van der Waals surface area contributed by atoms with E-state index in [1.165, 1.54) is 12.5 Å². The molecule has 7 heteroatoms. The first kappa shape index (κ1) is 14.7. The molecular weight excluding hydrogens is 276 g/mol. The van der Waals surface area contributed by atoms with Crippen LogP contribution in [-0.4, -0.2) is 22.5 Å². The molecule has 0 fully saturated rings. The lowest BCUT2D eigenvalue weighted by Gasteiger charge is -2.04. The van der Waals surface area contributed by atoms with E-state index in [2.05, 4.69) is 4.98 Å². The van der Waals surface area contributed by atoms with Crippen molar-refractivity contribution in [3.63, 3.8) is 0 Å². The predicted molar refractivity (Wildman–Crippen MR) is 73.0 cm³/mol. The summed E-state index contributed by atoms with van der Waals surface area (Å²) in [5, 5.41) is 10.9. The number of hydrogen-bond donors (Lipinski definition) is 0. The van der Waals surface area contributed by atoms with Crippen LogP contribution in [0.3, 0.4) is 0 Å². The molecule has 0 aliphatic carbocycles. The van der Waals surface area contributed by atoms with Gasteiger partial charge in [0.15, 0.2) is 12.1 Å². The molecule has 1 aromatic heterocycles. The van der Waals surface area contributed by atoms with Gasteiger partial charge in [0.1, 0.15) is 5.76 Å². The van der Waals surface area contributed by atoms with Gasteiger partial charge in [0, 0.05) is 24.5 Å². The monoisotopic (exact) mass is 290 g/mol. The van der Waals surface area contributed by atoms with Crippen molar-refractivity contribution in [3.8, 4) is 0 Å². The standard InChI is InChI=1S/C14H14N2O5/c1-2-12-13(15-9-21-12)14(17)20-8-7-10-5-3-4-6-11(10)16(18)19/h3-6,9H,2,7-8H2,1H3. The SMILES string of the molecule is CCc1ocnc1C(=O)OCCc1ccccc1[N+](=O)[O-]. The summed E-state index contributed by atoms with van der Waals surface area (Å²) in [5.74, 6) is -0.120. The van der Waals surface area contributed by atoms with E-state index >= 15 is 0 Å². The Labute approximate surface area is 120 Å². The highest BCUT2D eigenvalue weighted by Gasteiger charge is 2.18. The van der Waals surface area contributed by atoms with Crippen LogP contribution in [0.2, 0.25) is 0 Å². The molecule has 0 unspecified atom stereocenters. The number of oxazole rings is 1. The molecule has 2 rings (SSSR count). The summed E-state index contributed by atoms with van der Waals surface area (Å²) in [6, 6.07) is 6.36. The molecule has 1 aromatic carbocycles. The maximum atomic E-state index is 11.8. The summed E-state index contributed by atoms with van der Waals surface area (Å²) < 4.78 is 10.1. The fourth-order valence-corrected chi connectivity index (χ4v) is 1.91. The number of rotatable bonds is 6. The van der Waals surface area contributed by atoms with E-state index in [0.29, 0.717) is 17.7 Å². The van der Waals surface area contributed by atoms with E-state index in [9.17, 15) is 14.9 Å². The number of ether oxygens (including phenoxy) is 1. The summed E-state index contributed by atoms with van der Waals surface area (Å²) in [5.41, 5.74) is 0.690. The first-order valence-corrected chi connectivity index (χ1v) is 6.45. The Bertz CT molecular complexity index is 650. The lowest BCUT2D eigenvalue weighted by molar-refractivity contribution is -0.385. The zero-order valence-corrected chi connectivity index (χ0v) is 11.4. The van der Waals surface area contributed by atoms with Gasteiger partial charge in [0.25, 0.3) is 5.69 Å². The maximum Gasteiger partial charge on any atom is 0.360 e. The van der Waals surface area contributed by atoms with Gasteiger partial charge in [0.2, 0.25) is 0 Å². The van der Waals surface area contributed by atoms with Crippen LogP contribution in [0.25, 0.3) is 0 Å². The summed E-state index contributed by atoms with van der Waals surface area (Å²) in [7, 11) is 0. The van der Waals surface area contributed by atoms with Crippen molar-refractivity contribution in [1.82, 2.24) is 4.98 Å². The summed E-state index contributed by atoms with van der Waals surface area (Å²) in [4.78, 5) is 26.0. The number of aryl methyl sites for hydroxylation is 1. The van der Waals surface area contributed by atoms with Crippen molar-refractivity contribution < 1.29 is 18.9 Å². The summed E-state index contributed by atoms with van der Waals surface area (Å²) >= 11 is 0. The van der Waals surface area contributed by atoms with Crippen molar-refractivity contribution >= 4 is 11.7 Å². The fourth-order valence-electron chi connectivity index (χ4n) is 1.91. The van der Waals surface area contributed by atoms with E-state index in [4.69, 9.17) is 9.15 Å². The topological polar surface area (TPSA) is 95.5 Å². The minimum atomic E-state index is -0.584. The molecule has 0 aliphatic rings. The molecule has 0 atom stereocenters. The molecule has 2 aromatic rings. The Hall–Kier alpha value is -2.70. The molecular formula is C14H14N2O5. The molecule has 0 saturated carbocycles. The van der Waals surface area contributed by atoms with Crippen LogP contribution in [0.4, 0.5) is 5.69 Å². The molecule has 1 heterocycles. The zero-order valence-electron chi connectivity index (χ0n) is 11.4. The van der Waals surface area contributed by atoms with E-state index in [-0.39, 0.29) is 24.4 Å². The number of nitrogens with zero attached hydrogens (tertiary/aromatic N) is 2. The lowest BCUT2D eigenvalue weighted by atomic mass is 10.1. The van der Waals surface area contributed by atoms with Crippen LogP contribution < -0.4 is 0 Å². The highest BCUT2D eigenvalue weighted by molar-refractivity contribution is 5.88. The molecule has 0 aliphatic heterocycles. The number of hydrogen-bond acceptors (Lipinski definition) is 6. The van der Waals surface area contributed by atoms with Gasteiger partial charge in [-0.1, -0.05) is 25.1 Å². The molecule has 0 bridgehead atoms. The van der Waals surface area contributed by atoms with E-state index < -0.39 is 10.9 Å². The molecule has 21 heavy (non-hydrogen) atoms. The molecule has 0 amide bonds. The number of nitro benzene ring substituents is 1. The van der Waals surface area contributed by atoms with Gasteiger partial charge in [-0.25, -0.2) is 9.78 Å². The number of aromatic nitrogens is 1. The van der Waals surface area contributed by atoms with Gasteiger partial charge < -0.3 is 9.15 Å². The van der Waals surface area contributed by atoms with E-state index in [1.54, 1.807) is 18.2 Å². The zero-order chi connectivity index (χ0) is 15.2. The van der Waals surface area contributed by atoms with Crippen molar-refractivity contribution in [3.05, 3.63) is 57.8 Å². The second kappa shape index (κ2) is 6.65. The Balaban J connectivity index is 1.96. The average Bonchev–Trinajstić information content (AvgIpc) is 2.96. The number of para-hydroxylation sites is 1. The smallest absolute Gasteiger partial charge is 0.360 e. The first-order valence-electron chi connectivity index (χ1n) is 6.45. The molecule has 0 radical (unpaired) electrons. The number of esters is 1. The van der Waals surface area contributed by atoms with E-state index in [0.717, 1.165) is 0 Å². The van der Waals surface area contributed by atoms with Crippen LogP contribution in [-0.2, 0) is 17.6 Å². The molecule has 0 spiro atoms. The number of nitro groups is 1. The fraction of sp³-hybridized carbons (Fsp3) is 0.286. The second-order valence-corrected chi connectivity index (χ2v) is 4.25. The Morgan fingerprint density at radius 1 is 1.43 bits per heavy atom. The average molecular weight is 290 g/mol. The summed E-state index contributed by atoms with van der Waals surface area (Å²) in [6.45, 7) is 1.88. The third-order valence-corrected chi connectivity index (χ3v) is 2.95. The normalized spacial score (nSPS) is 10.3. The molecule has 0 N–H and O–H groups in total. The van der Waals surface area contributed by atoms with Gasteiger partial charge in [-0.2, -0.15) is 0 Å². The van der Waals surface area contributed by atoms with Crippen LogP contribution in [0.1, 0.15) is 28.7 Å². The van der Waals surface area contributed by atoms with Crippen molar-refractivity contribution in [1.29, 1.82) is 0 Å². The third-order valence-electron chi connectivity index (χ3n) is 2.95. The van der Waals surface area contributed by atoms with Gasteiger partial charge in [-0.15, -0.1) is 0 Å². The largest absolute Gasteiger partial charge is 0.461 e. The highest BCUT2D eigenvalue weighted by Crippen LogP contribution is 2.18. The quantitative estimate of drug-likeness (QED) is 0.461. The summed E-state index contributed by atoms with van der Waals surface area (Å²) in [6.07, 6.45) is 1.99. The molecule has 110 valence electrons. The number of benzene rings is 1. The molecule has 0 saturated heterocycles. The number of carbonyl (C=O) groups excluding carboxylic acids is 1. The first-order chi connectivity index (χ1) is 10.1. The Morgan fingerprint density at radius 2 is 2.19 bits per heavy atom. The Kier molecular flexibility index (Phi) is 4.65. The predicted octanol–water partition coefficient (Wildman–Crippen LogP) is 2.54. The minimum Gasteiger partial charge on any atom is -0.461 e. The van der Waals surface area contributed by atoms with Gasteiger partial charge in [0.05, 0.1) is 11.5 Å². The Morgan fingerprint density at radius 3 is 2.90 bits per heavy atom. The van der Waals surface area contributed by atoms with Gasteiger partial charge in [-0.05, 0) is 0 Å². The molecule has 7 nitrogen and oxygen atoms in total. The van der Waals surface area contributed by atoms with Crippen molar-refractivity contribution in [2.45, 2.75) is 19.8 Å². The lowest BCUT2D eigenvalue weighted by Crippen LogP contribution is -2.11. The van der Waals surface area contributed by atoms with Crippen molar-refractivity contribution in [2.75, 3.05) is 6.61 Å². The minimum absolute atomic E-state index is 0.0178. The number of carbonyl (C=O) groups is 1. The van der Waals surface area contributed by atoms with Crippen LogP contribution in [0, 0.1) is 10.1 Å². The van der Waals surface area contributed by atoms with Gasteiger partial charge >= 0.3 is 5.97 Å². The van der Waals surface area contributed by atoms with E-state index in [1.807, 2.05) is 6.92 Å². The van der Waals surface area contributed by atoms with Crippen LogP contribution in [0.15, 0.2) is 35.1 Å². The third kappa shape index (κ3) is 3.44. The van der Waals surface area contributed by atoms with Crippen molar-refractivity contribution in [2.24, 2.45) is 0 Å². The maximum absolute atomic E-state index is 11.8. The second-order valence-electron chi connectivity index (χ2n) is 4.25. The van der Waals surface area contributed by atoms with Crippen LogP contribution in [0.5, 0.6) is 0 Å².